The third-order valence-electron chi connectivity index (χ3n) is 1.50. The molecule has 0 saturated carbocycles. The average Bonchev–Trinajstić information content (AvgIpc) is 2.48. The predicted molar refractivity (Wildman–Crippen MR) is 43.9 cm³/mol. The minimum Gasteiger partial charge on any atom is -0.227 e. The third kappa shape index (κ3) is 1.26. The molecule has 0 bridgehead atoms. The van der Waals surface area contributed by atoms with Crippen LogP contribution in [-0.4, -0.2) is 34.3 Å². The topological polar surface area (TPSA) is 77.2 Å². The van der Waals surface area contributed by atoms with Crippen molar-refractivity contribution in [2.24, 2.45) is 0 Å². The van der Waals surface area contributed by atoms with Crippen LogP contribution in [0.15, 0.2) is 23.7 Å². The second-order valence-corrected chi connectivity index (χ2v) is 4.44. The summed E-state index contributed by atoms with van der Waals surface area (Å²) in [6.45, 7) is 0. The van der Waals surface area contributed by atoms with Gasteiger partial charge >= 0.3 is 0 Å². The molecule has 13 heavy (non-hydrogen) atoms. The van der Waals surface area contributed by atoms with Gasteiger partial charge in [-0.05, 0) is 0 Å². The summed E-state index contributed by atoms with van der Waals surface area (Å²) in [5.41, 5.74) is 0.468. The molecule has 0 aliphatic heterocycles. The van der Waals surface area contributed by atoms with Gasteiger partial charge in [-0.25, -0.2) is 18.4 Å². The summed E-state index contributed by atoms with van der Waals surface area (Å²) < 4.78 is 23.6. The van der Waals surface area contributed by atoms with Gasteiger partial charge in [-0.1, -0.05) is 0 Å². The van der Waals surface area contributed by atoms with E-state index in [2.05, 4.69) is 15.1 Å². The van der Waals surface area contributed by atoms with Crippen molar-refractivity contribution in [1.82, 2.24) is 19.6 Å². The van der Waals surface area contributed by atoms with E-state index >= 15 is 0 Å². The number of hydrogen-bond acceptors (Lipinski definition) is 5. The summed E-state index contributed by atoms with van der Waals surface area (Å²) in [6, 6.07) is 1.58. The van der Waals surface area contributed by atoms with Crippen LogP contribution < -0.4 is 0 Å². The molecule has 0 saturated heterocycles. The summed E-state index contributed by atoms with van der Waals surface area (Å²) in [6.07, 6.45) is 3.75. The number of rotatable bonds is 1. The summed E-state index contributed by atoms with van der Waals surface area (Å²) >= 11 is 0. The second-order valence-electron chi connectivity index (χ2n) is 2.53. The first-order valence-corrected chi connectivity index (χ1v) is 5.33. The van der Waals surface area contributed by atoms with Crippen molar-refractivity contribution >= 4 is 15.5 Å². The SMILES string of the molecule is CS(=O)(=O)c1nccc2ncnn12. The average molecular weight is 198 g/mol. The molecule has 6 nitrogen and oxygen atoms in total. The van der Waals surface area contributed by atoms with Crippen molar-refractivity contribution in [2.75, 3.05) is 6.26 Å². The zero-order valence-corrected chi connectivity index (χ0v) is 7.56. The van der Waals surface area contributed by atoms with E-state index in [4.69, 9.17) is 0 Å². The lowest BCUT2D eigenvalue weighted by atomic mass is 10.6. The van der Waals surface area contributed by atoms with Gasteiger partial charge in [0.1, 0.15) is 6.33 Å². The van der Waals surface area contributed by atoms with Crippen molar-refractivity contribution in [2.45, 2.75) is 5.16 Å². The van der Waals surface area contributed by atoms with E-state index < -0.39 is 9.84 Å². The quantitative estimate of drug-likeness (QED) is 0.579. The predicted octanol–water partition coefficient (Wildman–Crippen LogP) is -0.472. The Bertz CT molecular complexity index is 545. The molecule has 2 aromatic heterocycles. The summed E-state index contributed by atoms with van der Waals surface area (Å²) in [4.78, 5) is 7.56. The van der Waals surface area contributed by atoms with Crippen LogP contribution in [0.1, 0.15) is 0 Å². The Balaban J connectivity index is 2.91. The molecule has 2 rings (SSSR count). The van der Waals surface area contributed by atoms with Gasteiger partial charge in [-0.15, -0.1) is 0 Å². The number of fused-ring (bicyclic) bond motifs is 1. The largest absolute Gasteiger partial charge is 0.249 e. The first kappa shape index (κ1) is 8.11. The van der Waals surface area contributed by atoms with Crippen LogP contribution in [0.4, 0.5) is 0 Å². The highest BCUT2D eigenvalue weighted by Crippen LogP contribution is 2.05. The molecule has 0 aliphatic rings. The van der Waals surface area contributed by atoms with Crippen LogP contribution in [-0.2, 0) is 9.84 Å². The van der Waals surface area contributed by atoms with Crippen molar-refractivity contribution in [1.29, 1.82) is 0 Å². The highest BCUT2D eigenvalue weighted by Gasteiger charge is 2.13. The van der Waals surface area contributed by atoms with Crippen LogP contribution in [0, 0.1) is 0 Å². The van der Waals surface area contributed by atoms with Crippen LogP contribution in [0.3, 0.4) is 0 Å². The second kappa shape index (κ2) is 2.49. The molecule has 0 N–H and O–H groups in total. The smallest absolute Gasteiger partial charge is 0.227 e. The van der Waals surface area contributed by atoms with E-state index in [9.17, 15) is 8.42 Å². The Labute approximate surface area is 74.2 Å². The Morgan fingerprint density at radius 1 is 1.38 bits per heavy atom. The first-order chi connectivity index (χ1) is 6.09. The van der Waals surface area contributed by atoms with Gasteiger partial charge in [0.2, 0.25) is 15.0 Å². The number of sulfone groups is 1. The van der Waals surface area contributed by atoms with E-state index in [-0.39, 0.29) is 5.16 Å². The van der Waals surface area contributed by atoms with Crippen LogP contribution in [0.5, 0.6) is 0 Å². The molecule has 0 unspecified atom stereocenters. The lowest BCUT2D eigenvalue weighted by Gasteiger charge is -1.98. The van der Waals surface area contributed by atoms with Crippen LogP contribution in [0.25, 0.3) is 5.65 Å². The Hall–Kier alpha value is -1.50. The lowest BCUT2D eigenvalue weighted by molar-refractivity contribution is 0.585. The van der Waals surface area contributed by atoms with Crippen LogP contribution >= 0.6 is 0 Å². The first-order valence-electron chi connectivity index (χ1n) is 3.44. The van der Waals surface area contributed by atoms with Gasteiger partial charge in [0, 0.05) is 18.5 Å². The molecule has 0 aliphatic carbocycles. The fraction of sp³-hybridized carbons (Fsp3) is 0.167. The van der Waals surface area contributed by atoms with Gasteiger partial charge < -0.3 is 0 Å². The van der Waals surface area contributed by atoms with Gasteiger partial charge in [0.25, 0.3) is 0 Å². The maximum absolute atomic E-state index is 11.2. The molecular formula is C6H6N4O2S. The zero-order valence-electron chi connectivity index (χ0n) is 6.75. The van der Waals surface area contributed by atoms with E-state index in [1.165, 1.54) is 17.0 Å². The molecule has 0 amide bonds. The van der Waals surface area contributed by atoms with E-state index in [1.54, 1.807) is 6.07 Å². The lowest BCUT2D eigenvalue weighted by Crippen LogP contribution is -2.08. The molecule has 0 radical (unpaired) electrons. The van der Waals surface area contributed by atoms with Crippen molar-refractivity contribution < 1.29 is 8.42 Å². The van der Waals surface area contributed by atoms with Crippen molar-refractivity contribution in [3.8, 4) is 0 Å². The van der Waals surface area contributed by atoms with E-state index in [0.29, 0.717) is 5.65 Å². The molecular weight excluding hydrogens is 192 g/mol. The van der Waals surface area contributed by atoms with Gasteiger partial charge in [-0.3, -0.25) is 0 Å². The zero-order chi connectivity index (χ0) is 9.47. The summed E-state index contributed by atoms with van der Waals surface area (Å²) in [5, 5.41) is 3.65. The van der Waals surface area contributed by atoms with Gasteiger partial charge in [-0.2, -0.15) is 9.61 Å². The summed E-state index contributed by atoms with van der Waals surface area (Å²) in [5.74, 6) is 0. The van der Waals surface area contributed by atoms with Gasteiger partial charge in [0.05, 0.1) is 0 Å². The molecule has 0 aromatic carbocycles. The van der Waals surface area contributed by atoms with Crippen molar-refractivity contribution in [3.63, 3.8) is 0 Å². The fourth-order valence-electron chi connectivity index (χ4n) is 0.987. The molecule has 0 spiro atoms. The number of hydrogen-bond donors (Lipinski definition) is 0. The number of nitrogens with zero attached hydrogens (tertiary/aromatic N) is 4. The molecule has 2 aromatic rings. The van der Waals surface area contributed by atoms with Crippen molar-refractivity contribution in [3.05, 3.63) is 18.6 Å². The Kier molecular flexibility index (Phi) is 1.56. The molecule has 68 valence electrons. The maximum Gasteiger partial charge on any atom is 0.249 e. The van der Waals surface area contributed by atoms with Crippen LogP contribution in [0.2, 0.25) is 0 Å². The maximum atomic E-state index is 11.2. The van der Waals surface area contributed by atoms with Gasteiger partial charge in [0.15, 0.2) is 5.65 Å². The van der Waals surface area contributed by atoms with E-state index in [0.717, 1.165) is 6.26 Å². The monoisotopic (exact) mass is 198 g/mol. The van der Waals surface area contributed by atoms with E-state index in [1.807, 2.05) is 0 Å². The minimum atomic E-state index is -3.35. The standard InChI is InChI=1S/C6H6N4O2S/c1-13(11,12)6-7-3-2-5-8-4-9-10(5)6/h2-4H,1H3. The number of aromatic nitrogens is 4. The Morgan fingerprint density at radius 3 is 2.85 bits per heavy atom. The minimum absolute atomic E-state index is 0.0949. The molecule has 7 heteroatoms. The highest BCUT2D eigenvalue weighted by atomic mass is 32.2. The summed E-state index contributed by atoms with van der Waals surface area (Å²) in [7, 11) is -3.35. The third-order valence-corrected chi connectivity index (χ3v) is 2.44. The highest BCUT2D eigenvalue weighted by molar-refractivity contribution is 7.90. The Morgan fingerprint density at radius 2 is 2.15 bits per heavy atom. The molecule has 2 heterocycles. The fourth-order valence-corrected chi connectivity index (χ4v) is 1.69. The molecule has 0 atom stereocenters. The normalized spacial score (nSPS) is 12.1. The molecule has 0 fully saturated rings.